The van der Waals surface area contributed by atoms with E-state index in [1.54, 1.807) is 16.8 Å². The van der Waals surface area contributed by atoms with Crippen molar-refractivity contribution in [2.75, 3.05) is 52.9 Å². The summed E-state index contributed by atoms with van der Waals surface area (Å²) in [6.07, 6.45) is 4.04. The number of likely N-dealkylation sites (N-methyl/N-ethyl adjacent to an activating group) is 1. The number of carbonyl (C=O) groups is 2. The van der Waals surface area contributed by atoms with Crippen molar-refractivity contribution >= 4 is 11.8 Å². The van der Waals surface area contributed by atoms with Crippen molar-refractivity contribution in [3.05, 3.63) is 29.6 Å². The molecule has 1 aromatic heterocycles. The summed E-state index contributed by atoms with van der Waals surface area (Å²) in [5.41, 5.74) is 2.33. The number of fused-ring (bicyclic) bond motifs is 1. The number of carbonyl (C=O) groups excluding carboxylic acids is 2. The van der Waals surface area contributed by atoms with Gasteiger partial charge in [-0.1, -0.05) is 6.07 Å². The minimum atomic E-state index is -0.338. The van der Waals surface area contributed by atoms with E-state index in [0.29, 0.717) is 13.1 Å². The van der Waals surface area contributed by atoms with Crippen LogP contribution in [0.25, 0.3) is 0 Å². The first-order valence-electron chi connectivity index (χ1n) is 9.89. The number of rotatable bonds is 3. The van der Waals surface area contributed by atoms with Crippen LogP contribution in [0.3, 0.4) is 0 Å². The molecule has 3 aliphatic heterocycles. The van der Waals surface area contributed by atoms with Gasteiger partial charge in [-0.3, -0.25) is 19.5 Å². The number of amides is 2. The maximum atomic E-state index is 12.6. The summed E-state index contributed by atoms with van der Waals surface area (Å²) in [4.78, 5) is 35.4. The maximum Gasteiger partial charge on any atom is 0.246 e. The summed E-state index contributed by atoms with van der Waals surface area (Å²) in [5.74, 6) is 0.130. The van der Waals surface area contributed by atoms with Crippen LogP contribution in [0.1, 0.15) is 24.1 Å². The summed E-state index contributed by atoms with van der Waals surface area (Å²) in [5, 5.41) is 3.46. The second-order valence-electron chi connectivity index (χ2n) is 8.28. The number of hydrogen-bond donors (Lipinski definition) is 1. The van der Waals surface area contributed by atoms with Crippen LogP contribution in [0.2, 0.25) is 0 Å². The monoisotopic (exact) mass is 371 g/mol. The Morgan fingerprint density at radius 2 is 2.00 bits per heavy atom. The van der Waals surface area contributed by atoms with Crippen molar-refractivity contribution in [3.63, 3.8) is 0 Å². The number of hydrogen-bond acceptors (Lipinski definition) is 5. The van der Waals surface area contributed by atoms with E-state index >= 15 is 0 Å². The van der Waals surface area contributed by atoms with Gasteiger partial charge in [0.1, 0.15) is 6.04 Å². The Labute approximate surface area is 160 Å². The van der Waals surface area contributed by atoms with Crippen LogP contribution < -0.4 is 5.32 Å². The smallest absolute Gasteiger partial charge is 0.246 e. The van der Waals surface area contributed by atoms with E-state index in [2.05, 4.69) is 29.3 Å². The lowest BCUT2D eigenvalue weighted by Gasteiger charge is -2.48. The van der Waals surface area contributed by atoms with Crippen LogP contribution in [0.4, 0.5) is 0 Å². The van der Waals surface area contributed by atoms with E-state index in [9.17, 15) is 9.59 Å². The van der Waals surface area contributed by atoms with Crippen molar-refractivity contribution in [1.82, 2.24) is 25.0 Å². The minimum Gasteiger partial charge on any atom is -0.335 e. The zero-order valence-electron chi connectivity index (χ0n) is 16.3. The number of aromatic nitrogens is 1. The molecule has 0 saturated carbocycles. The molecule has 0 radical (unpaired) electrons. The second-order valence-corrected chi connectivity index (χ2v) is 8.28. The molecule has 0 aliphatic carbocycles. The highest BCUT2D eigenvalue weighted by molar-refractivity contribution is 5.95. The Kier molecular flexibility index (Phi) is 4.90. The zero-order valence-corrected chi connectivity index (χ0v) is 16.3. The first-order chi connectivity index (χ1) is 13.0. The van der Waals surface area contributed by atoms with Gasteiger partial charge in [0, 0.05) is 50.5 Å². The molecule has 3 aliphatic rings. The van der Waals surface area contributed by atoms with Gasteiger partial charge in [0.2, 0.25) is 11.8 Å². The number of nitrogens with zero attached hydrogens (tertiary/aromatic N) is 4. The van der Waals surface area contributed by atoms with Crippen molar-refractivity contribution in [2.45, 2.75) is 31.2 Å². The number of pyridine rings is 1. The molecular weight excluding hydrogens is 342 g/mol. The fraction of sp³-hybridized carbons (Fsp3) is 0.650. The molecule has 1 aromatic rings. The standard InChI is InChI=1S/C20H29N5O2/c1-15-3-4-17(22-11-15)20(5-7-21-8-6-20)14-24-9-10-25-16(12-24)19(27)23(2)13-18(25)26/h3-4,11,16,21H,5-10,12-14H2,1-2H3. The highest BCUT2D eigenvalue weighted by Gasteiger charge is 2.44. The van der Waals surface area contributed by atoms with E-state index in [0.717, 1.165) is 44.7 Å². The summed E-state index contributed by atoms with van der Waals surface area (Å²) in [6, 6.07) is 3.97. The van der Waals surface area contributed by atoms with Gasteiger partial charge < -0.3 is 15.1 Å². The Balaban J connectivity index is 1.54. The van der Waals surface area contributed by atoms with Crippen molar-refractivity contribution < 1.29 is 9.59 Å². The van der Waals surface area contributed by atoms with Gasteiger partial charge in [-0.05, 0) is 44.5 Å². The van der Waals surface area contributed by atoms with Crippen LogP contribution >= 0.6 is 0 Å². The van der Waals surface area contributed by atoms with Crippen LogP contribution in [0, 0.1) is 6.92 Å². The van der Waals surface area contributed by atoms with Crippen LogP contribution in [-0.4, -0.2) is 90.4 Å². The molecule has 4 rings (SSSR count). The third kappa shape index (κ3) is 3.46. The van der Waals surface area contributed by atoms with Gasteiger partial charge in [-0.25, -0.2) is 0 Å². The Morgan fingerprint density at radius 1 is 1.22 bits per heavy atom. The number of aryl methyl sites for hydroxylation is 1. The van der Waals surface area contributed by atoms with E-state index in [4.69, 9.17) is 4.98 Å². The van der Waals surface area contributed by atoms with Crippen LogP contribution in [-0.2, 0) is 15.0 Å². The molecule has 0 spiro atoms. The minimum absolute atomic E-state index is 0.00868. The first kappa shape index (κ1) is 18.4. The topological polar surface area (TPSA) is 68.8 Å². The number of piperidine rings is 1. The average molecular weight is 371 g/mol. The molecule has 1 atom stereocenters. The molecule has 3 saturated heterocycles. The van der Waals surface area contributed by atoms with E-state index in [1.165, 1.54) is 5.56 Å². The fourth-order valence-electron chi connectivity index (χ4n) is 4.73. The van der Waals surface area contributed by atoms with Gasteiger partial charge in [0.25, 0.3) is 0 Å². The molecule has 4 heterocycles. The summed E-state index contributed by atoms with van der Waals surface area (Å²) >= 11 is 0. The Hall–Kier alpha value is -1.99. The Morgan fingerprint density at radius 3 is 2.70 bits per heavy atom. The van der Waals surface area contributed by atoms with E-state index in [1.807, 2.05) is 6.20 Å². The molecule has 1 unspecified atom stereocenters. The second kappa shape index (κ2) is 7.20. The van der Waals surface area contributed by atoms with Crippen LogP contribution in [0.15, 0.2) is 18.3 Å². The molecule has 1 N–H and O–H groups in total. The predicted molar refractivity (Wildman–Crippen MR) is 102 cm³/mol. The lowest BCUT2D eigenvalue weighted by Crippen LogP contribution is -2.67. The highest BCUT2D eigenvalue weighted by Crippen LogP contribution is 2.34. The lowest BCUT2D eigenvalue weighted by atomic mass is 9.75. The maximum absolute atomic E-state index is 12.6. The molecular formula is C20H29N5O2. The van der Waals surface area contributed by atoms with Crippen molar-refractivity contribution in [1.29, 1.82) is 0 Å². The molecule has 7 heteroatoms. The SMILES string of the molecule is Cc1ccc(C2(CN3CCN4C(=O)CN(C)C(=O)C4C3)CCNCC2)nc1. The lowest BCUT2D eigenvalue weighted by molar-refractivity contribution is -0.158. The fourth-order valence-corrected chi connectivity index (χ4v) is 4.73. The molecule has 2 amide bonds. The number of piperazine rings is 2. The number of nitrogens with one attached hydrogen (secondary N) is 1. The normalized spacial score (nSPS) is 26.2. The van der Waals surface area contributed by atoms with Crippen LogP contribution in [0.5, 0.6) is 0 Å². The quantitative estimate of drug-likeness (QED) is 0.810. The van der Waals surface area contributed by atoms with E-state index in [-0.39, 0.29) is 29.8 Å². The first-order valence-corrected chi connectivity index (χ1v) is 9.89. The Bertz CT molecular complexity index is 714. The van der Waals surface area contributed by atoms with Gasteiger partial charge in [-0.15, -0.1) is 0 Å². The highest BCUT2D eigenvalue weighted by atomic mass is 16.2. The average Bonchev–Trinajstić information content (AvgIpc) is 2.67. The van der Waals surface area contributed by atoms with Gasteiger partial charge >= 0.3 is 0 Å². The third-order valence-corrected chi connectivity index (χ3v) is 6.36. The largest absolute Gasteiger partial charge is 0.335 e. The third-order valence-electron chi connectivity index (χ3n) is 6.36. The molecule has 3 fully saturated rings. The predicted octanol–water partition coefficient (Wildman–Crippen LogP) is -0.00398. The molecule has 0 bridgehead atoms. The zero-order chi connectivity index (χ0) is 19.0. The molecule has 0 aromatic carbocycles. The molecule has 7 nitrogen and oxygen atoms in total. The van der Waals surface area contributed by atoms with Gasteiger partial charge in [0.05, 0.1) is 6.54 Å². The summed E-state index contributed by atoms with van der Waals surface area (Å²) < 4.78 is 0. The van der Waals surface area contributed by atoms with Crippen molar-refractivity contribution in [3.8, 4) is 0 Å². The van der Waals surface area contributed by atoms with Gasteiger partial charge in [0.15, 0.2) is 0 Å². The molecule has 146 valence electrons. The summed E-state index contributed by atoms with van der Waals surface area (Å²) in [7, 11) is 1.72. The summed E-state index contributed by atoms with van der Waals surface area (Å²) in [6.45, 7) is 7.21. The van der Waals surface area contributed by atoms with E-state index < -0.39 is 0 Å². The molecule has 27 heavy (non-hydrogen) atoms. The van der Waals surface area contributed by atoms with Gasteiger partial charge in [-0.2, -0.15) is 0 Å². The van der Waals surface area contributed by atoms with Crippen molar-refractivity contribution in [2.24, 2.45) is 0 Å².